The molecule has 0 aromatic heterocycles. The zero-order chi connectivity index (χ0) is 30.0. The van der Waals surface area contributed by atoms with Crippen LogP contribution in [0.15, 0.2) is 77.7 Å². The van der Waals surface area contributed by atoms with Gasteiger partial charge in [-0.25, -0.2) is 8.42 Å². The van der Waals surface area contributed by atoms with Gasteiger partial charge in [-0.05, 0) is 79.1 Å². The number of ether oxygens (including phenoxy) is 2. The van der Waals surface area contributed by atoms with E-state index in [1.165, 1.54) is 48.4 Å². The van der Waals surface area contributed by atoms with Crippen molar-refractivity contribution in [1.82, 2.24) is 10.2 Å². The van der Waals surface area contributed by atoms with Crippen molar-refractivity contribution in [3.63, 3.8) is 0 Å². The molecule has 41 heavy (non-hydrogen) atoms. The highest BCUT2D eigenvalue weighted by Crippen LogP contribution is 2.27. The second-order valence-corrected chi connectivity index (χ2v) is 11.6. The van der Waals surface area contributed by atoms with Gasteiger partial charge in [-0.15, -0.1) is 0 Å². The van der Waals surface area contributed by atoms with Gasteiger partial charge in [-0.1, -0.05) is 37.6 Å². The van der Waals surface area contributed by atoms with Crippen LogP contribution in [0.4, 0.5) is 5.69 Å². The van der Waals surface area contributed by atoms with Crippen molar-refractivity contribution in [3.8, 4) is 11.5 Å². The van der Waals surface area contributed by atoms with Crippen molar-refractivity contribution in [2.45, 2.75) is 44.2 Å². The number of sulfonamides is 1. The Hall–Kier alpha value is -3.76. The SMILES string of the molecule is CCCNC(=O)[C@@H](CC)N(Cc1cccc(OC)c1)C(=O)CN(c1ccc(Cl)cc1)S(=O)(=O)c1ccc(OC)cc1. The lowest BCUT2D eigenvalue weighted by molar-refractivity contribution is -0.140. The van der Waals surface area contributed by atoms with E-state index in [1.807, 2.05) is 19.9 Å². The third kappa shape index (κ3) is 8.14. The first-order valence-corrected chi connectivity index (χ1v) is 15.1. The van der Waals surface area contributed by atoms with E-state index >= 15 is 0 Å². The van der Waals surface area contributed by atoms with Gasteiger partial charge in [0.25, 0.3) is 10.0 Å². The molecular formula is C30H36ClN3O6S. The van der Waals surface area contributed by atoms with Crippen molar-refractivity contribution < 1.29 is 27.5 Å². The molecule has 2 amide bonds. The van der Waals surface area contributed by atoms with Gasteiger partial charge in [0.2, 0.25) is 11.8 Å². The van der Waals surface area contributed by atoms with Gasteiger partial charge in [-0.3, -0.25) is 13.9 Å². The number of carbonyl (C=O) groups is 2. The third-order valence-electron chi connectivity index (χ3n) is 6.46. The Balaban J connectivity index is 2.05. The van der Waals surface area contributed by atoms with E-state index in [-0.39, 0.29) is 23.0 Å². The topological polar surface area (TPSA) is 105 Å². The van der Waals surface area contributed by atoms with Gasteiger partial charge in [0, 0.05) is 18.1 Å². The van der Waals surface area contributed by atoms with Crippen LogP contribution in [0.5, 0.6) is 11.5 Å². The minimum atomic E-state index is -4.20. The van der Waals surface area contributed by atoms with Gasteiger partial charge in [0.1, 0.15) is 24.1 Å². The maximum Gasteiger partial charge on any atom is 0.264 e. The van der Waals surface area contributed by atoms with Crippen LogP contribution in [0, 0.1) is 0 Å². The molecular weight excluding hydrogens is 566 g/mol. The van der Waals surface area contributed by atoms with Gasteiger partial charge in [0.15, 0.2) is 0 Å². The largest absolute Gasteiger partial charge is 0.497 e. The summed E-state index contributed by atoms with van der Waals surface area (Å²) in [7, 11) is -1.17. The Kier molecular flexibility index (Phi) is 11.4. The zero-order valence-corrected chi connectivity index (χ0v) is 25.2. The van der Waals surface area contributed by atoms with E-state index in [0.29, 0.717) is 29.5 Å². The lowest BCUT2D eigenvalue weighted by atomic mass is 10.1. The Morgan fingerprint density at radius 3 is 2.17 bits per heavy atom. The number of carbonyl (C=O) groups excluding carboxylic acids is 2. The summed E-state index contributed by atoms with van der Waals surface area (Å²) in [5.74, 6) is 0.245. The molecule has 3 rings (SSSR count). The van der Waals surface area contributed by atoms with E-state index in [9.17, 15) is 18.0 Å². The fourth-order valence-electron chi connectivity index (χ4n) is 4.26. The molecule has 3 aromatic rings. The number of halogens is 1. The van der Waals surface area contributed by atoms with Crippen LogP contribution in [0.1, 0.15) is 32.3 Å². The van der Waals surface area contributed by atoms with Crippen molar-refractivity contribution in [3.05, 3.63) is 83.4 Å². The van der Waals surface area contributed by atoms with Crippen LogP contribution in [0.2, 0.25) is 5.02 Å². The van der Waals surface area contributed by atoms with Crippen LogP contribution in [0.3, 0.4) is 0 Å². The molecule has 1 atom stereocenters. The number of nitrogens with zero attached hydrogens (tertiary/aromatic N) is 2. The molecule has 0 aliphatic carbocycles. The number of hydrogen-bond acceptors (Lipinski definition) is 6. The van der Waals surface area contributed by atoms with Crippen molar-refractivity contribution in [2.24, 2.45) is 0 Å². The fourth-order valence-corrected chi connectivity index (χ4v) is 5.80. The second kappa shape index (κ2) is 14.7. The molecule has 0 radical (unpaired) electrons. The Bertz CT molecular complexity index is 1410. The van der Waals surface area contributed by atoms with Crippen molar-refractivity contribution >= 4 is 39.1 Å². The molecule has 220 valence electrons. The summed E-state index contributed by atoms with van der Waals surface area (Å²) in [5.41, 5.74) is 0.985. The lowest BCUT2D eigenvalue weighted by Gasteiger charge is -2.33. The fraction of sp³-hybridized carbons (Fsp3) is 0.333. The van der Waals surface area contributed by atoms with Crippen LogP contribution >= 0.6 is 11.6 Å². The number of benzene rings is 3. The van der Waals surface area contributed by atoms with Crippen LogP contribution in [-0.2, 0) is 26.2 Å². The van der Waals surface area contributed by atoms with Gasteiger partial charge < -0.3 is 19.7 Å². The van der Waals surface area contributed by atoms with Crippen LogP contribution < -0.4 is 19.1 Å². The monoisotopic (exact) mass is 601 g/mol. The summed E-state index contributed by atoms with van der Waals surface area (Å²) in [5, 5.41) is 3.29. The highest BCUT2D eigenvalue weighted by molar-refractivity contribution is 7.92. The quantitative estimate of drug-likeness (QED) is 0.282. The normalized spacial score (nSPS) is 11.8. The summed E-state index contributed by atoms with van der Waals surface area (Å²) in [6.07, 6.45) is 1.06. The van der Waals surface area contributed by atoms with Gasteiger partial charge >= 0.3 is 0 Å². The highest BCUT2D eigenvalue weighted by atomic mass is 35.5. The molecule has 0 aliphatic heterocycles. The molecule has 0 fully saturated rings. The molecule has 0 spiro atoms. The Morgan fingerprint density at radius 2 is 1.59 bits per heavy atom. The lowest BCUT2D eigenvalue weighted by Crippen LogP contribution is -2.52. The first-order valence-electron chi connectivity index (χ1n) is 13.3. The zero-order valence-electron chi connectivity index (χ0n) is 23.7. The number of anilines is 1. The molecule has 1 N–H and O–H groups in total. The van der Waals surface area contributed by atoms with E-state index in [2.05, 4.69) is 5.32 Å². The predicted octanol–water partition coefficient (Wildman–Crippen LogP) is 4.89. The molecule has 0 saturated heterocycles. The standard InChI is InChI=1S/C30H36ClN3O6S/c1-5-18-32-30(36)28(6-2)33(20-22-8-7-9-26(19-22)40-4)29(35)21-34(24-12-10-23(31)11-13-24)41(37,38)27-16-14-25(39-3)15-17-27/h7-17,19,28H,5-6,18,20-21H2,1-4H3,(H,32,36)/t28-/m1/s1. The summed E-state index contributed by atoms with van der Waals surface area (Å²) in [4.78, 5) is 28.7. The molecule has 11 heteroatoms. The number of methoxy groups -OCH3 is 2. The summed E-state index contributed by atoms with van der Waals surface area (Å²) in [6, 6.07) is 18.5. The number of amides is 2. The Morgan fingerprint density at radius 1 is 0.927 bits per heavy atom. The van der Waals surface area contributed by atoms with Crippen LogP contribution in [0.25, 0.3) is 0 Å². The third-order valence-corrected chi connectivity index (χ3v) is 8.50. The Labute approximate surface area is 247 Å². The highest BCUT2D eigenvalue weighted by Gasteiger charge is 2.33. The molecule has 0 aliphatic rings. The maximum absolute atomic E-state index is 14.1. The molecule has 0 unspecified atom stereocenters. The molecule has 3 aromatic carbocycles. The molecule has 0 bridgehead atoms. The minimum Gasteiger partial charge on any atom is -0.497 e. The predicted molar refractivity (Wildman–Crippen MR) is 160 cm³/mol. The summed E-state index contributed by atoms with van der Waals surface area (Å²) >= 11 is 6.08. The average Bonchev–Trinajstić information content (AvgIpc) is 2.99. The van der Waals surface area contributed by atoms with E-state index in [0.717, 1.165) is 16.3 Å². The molecule has 0 saturated carbocycles. The number of nitrogens with one attached hydrogen (secondary N) is 1. The summed E-state index contributed by atoms with van der Waals surface area (Å²) < 4.78 is 39.4. The van der Waals surface area contributed by atoms with E-state index in [4.69, 9.17) is 21.1 Å². The number of rotatable bonds is 14. The second-order valence-electron chi connectivity index (χ2n) is 9.25. The maximum atomic E-state index is 14.1. The van der Waals surface area contributed by atoms with E-state index < -0.39 is 28.5 Å². The van der Waals surface area contributed by atoms with Crippen LogP contribution in [-0.4, -0.2) is 58.5 Å². The van der Waals surface area contributed by atoms with E-state index in [1.54, 1.807) is 37.4 Å². The molecule has 9 nitrogen and oxygen atoms in total. The van der Waals surface area contributed by atoms with Crippen molar-refractivity contribution in [1.29, 1.82) is 0 Å². The smallest absolute Gasteiger partial charge is 0.264 e. The minimum absolute atomic E-state index is 0.0203. The summed E-state index contributed by atoms with van der Waals surface area (Å²) in [6.45, 7) is 3.74. The van der Waals surface area contributed by atoms with Gasteiger partial charge in [0.05, 0.1) is 24.8 Å². The first kappa shape index (κ1) is 31.8. The average molecular weight is 602 g/mol. The van der Waals surface area contributed by atoms with Gasteiger partial charge in [-0.2, -0.15) is 0 Å². The number of hydrogen-bond donors (Lipinski definition) is 1. The first-order chi connectivity index (χ1) is 19.6. The molecule has 0 heterocycles. The van der Waals surface area contributed by atoms with Crippen molar-refractivity contribution in [2.75, 3.05) is 31.6 Å².